The minimum atomic E-state index is -1.09. The Morgan fingerprint density at radius 2 is 1.84 bits per heavy atom. The van der Waals surface area contributed by atoms with Gasteiger partial charge in [-0.25, -0.2) is 4.79 Å². The number of nitrogens with zero attached hydrogens (tertiary/aromatic N) is 3. The summed E-state index contributed by atoms with van der Waals surface area (Å²) < 4.78 is 0. The Hall–Kier alpha value is -2.48. The number of aliphatic carboxylic acids is 1. The van der Waals surface area contributed by atoms with Gasteiger partial charge in [0.1, 0.15) is 0 Å². The second-order valence-electron chi connectivity index (χ2n) is 3.98. The van der Waals surface area contributed by atoms with Crippen LogP contribution in [0.2, 0.25) is 0 Å². The van der Waals surface area contributed by atoms with Crippen molar-refractivity contribution in [2.45, 2.75) is 38.5 Å². The number of hydrogen-bond acceptors (Lipinski definition) is 7. The van der Waals surface area contributed by atoms with Crippen molar-refractivity contribution in [2.75, 3.05) is 0 Å². The Balaban J connectivity index is 4.67. The molecule has 0 heterocycles. The quantitative estimate of drug-likeness (QED) is 0.494. The predicted octanol–water partition coefficient (Wildman–Crippen LogP) is 1.67. The molecule has 0 rings (SSSR count). The zero-order valence-electron chi connectivity index (χ0n) is 10.2. The molecule has 1 N–H and O–H groups in total. The highest BCUT2D eigenvalue weighted by atomic mass is 16.7. The lowest BCUT2D eigenvalue weighted by molar-refractivity contribution is -0.144. The minimum absolute atomic E-state index is 0.0206. The first-order valence-corrected chi connectivity index (χ1v) is 5.52. The number of rotatable bonds is 9. The van der Waals surface area contributed by atoms with E-state index in [2.05, 4.69) is 4.84 Å². The molecule has 8 nitrogen and oxygen atoms in total. The summed E-state index contributed by atoms with van der Waals surface area (Å²) >= 11 is 0. The molecule has 0 aliphatic heterocycles. The molecule has 0 fully saturated rings. The van der Waals surface area contributed by atoms with Crippen molar-refractivity contribution in [1.29, 1.82) is 10.5 Å². The summed E-state index contributed by atoms with van der Waals surface area (Å²) in [6.07, 6.45) is -0.178. The van der Waals surface area contributed by atoms with Crippen LogP contribution in [-0.2, 0) is 14.4 Å². The number of carboxylic acid groups (broad SMARTS) is 1. The van der Waals surface area contributed by atoms with E-state index in [1.807, 2.05) is 17.5 Å². The highest BCUT2D eigenvalue weighted by Gasteiger charge is 2.31. The topological polar surface area (TPSA) is 141 Å². The molecule has 0 radical (unpaired) electrons. The van der Waals surface area contributed by atoms with E-state index >= 15 is 0 Å². The summed E-state index contributed by atoms with van der Waals surface area (Å²) in [7, 11) is 0. The van der Waals surface area contributed by atoms with Crippen molar-refractivity contribution in [3.8, 4) is 12.1 Å². The first-order chi connectivity index (χ1) is 8.99. The van der Waals surface area contributed by atoms with E-state index in [4.69, 9.17) is 15.6 Å². The highest BCUT2D eigenvalue weighted by molar-refractivity contribution is 5.69. The van der Waals surface area contributed by atoms with Gasteiger partial charge in [-0.15, -0.1) is 4.91 Å². The van der Waals surface area contributed by atoms with Crippen LogP contribution in [0.5, 0.6) is 0 Å². The highest BCUT2D eigenvalue weighted by Crippen LogP contribution is 2.34. The van der Waals surface area contributed by atoms with Crippen LogP contribution in [0.15, 0.2) is 5.34 Å². The lowest BCUT2D eigenvalue weighted by atomic mass is 9.76. The van der Waals surface area contributed by atoms with Gasteiger partial charge >= 0.3 is 11.9 Å². The smallest absolute Gasteiger partial charge is 0.338 e. The molecule has 0 aliphatic rings. The third-order valence-electron chi connectivity index (χ3n) is 2.72. The maximum atomic E-state index is 11.0. The molecule has 0 aliphatic carbocycles. The Morgan fingerprint density at radius 3 is 2.32 bits per heavy atom. The van der Waals surface area contributed by atoms with Crippen LogP contribution in [0.25, 0.3) is 0 Å². The molecule has 1 unspecified atom stereocenters. The maximum absolute atomic E-state index is 11.0. The molecular formula is C11H13N3O5. The van der Waals surface area contributed by atoms with Crippen molar-refractivity contribution in [2.24, 2.45) is 10.8 Å². The van der Waals surface area contributed by atoms with Crippen LogP contribution in [0.4, 0.5) is 0 Å². The molecule has 19 heavy (non-hydrogen) atoms. The average molecular weight is 267 g/mol. The fourth-order valence-corrected chi connectivity index (χ4v) is 1.61. The second-order valence-corrected chi connectivity index (χ2v) is 3.98. The summed E-state index contributed by atoms with van der Waals surface area (Å²) in [6, 6.07) is 3.85. The Labute approximate surface area is 109 Å². The molecule has 0 amide bonds. The van der Waals surface area contributed by atoms with Crippen LogP contribution in [0.3, 0.4) is 0 Å². The fourth-order valence-electron chi connectivity index (χ4n) is 1.61. The standard InChI is InChI=1S/C11H13N3O5/c12-7-1-4-11(8-13,5-2-9(15)16)6-3-10(17)19-14-18/h1-6H2,(H,15,16). The average Bonchev–Trinajstić information content (AvgIpc) is 2.39. The second kappa shape index (κ2) is 8.59. The summed E-state index contributed by atoms with van der Waals surface area (Å²) in [4.78, 5) is 35.1. The largest absolute Gasteiger partial charge is 0.481 e. The van der Waals surface area contributed by atoms with E-state index in [9.17, 15) is 14.5 Å². The van der Waals surface area contributed by atoms with Crippen LogP contribution in [0.1, 0.15) is 38.5 Å². The minimum Gasteiger partial charge on any atom is -0.481 e. The van der Waals surface area contributed by atoms with Gasteiger partial charge in [-0.3, -0.25) is 9.63 Å². The van der Waals surface area contributed by atoms with Gasteiger partial charge in [-0.2, -0.15) is 10.5 Å². The zero-order valence-corrected chi connectivity index (χ0v) is 10.2. The molecule has 0 aromatic heterocycles. The SMILES string of the molecule is N#CCCC(C#N)(CCC(=O)O)CCC(=O)ON=O. The lowest BCUT2D eigenvalue weighted by Gasteiger charge is -2.24. The van der Waals surface area contributed by atoms with Crippen molar-refractivity contribution in [3.63, 3.8) is 0 Å². The molecule has 0 spiro atoms. The summed E-state index contributed by atoms with van der Waals surface area (Å²) in [5.74, 6) is -1.95. The van der Waals surface area contributed by atoms with Crippen molar-refractivity contribution < 1.29 is 19.5 Å². The number of carboxylic acids is 1. The Kier molecular flexibility index (Phi) is 7.47. The van der Waals surface area contributed by atoms with Gasteiger partial charge in [0.25, 0.3) is 0 Å². The van der Waals surface area contributed by atoms with Crippen molar-refractivity contribution in [3.05, 3.63) is 4.91 Å². The van der Waals surface area contributed by atoms with Gasteiger partial charge < -0.3 is 5.11 Å². The van der Waals surface area contributed by atoms with Gasteiger partial charge in [-0.05, 0) is 19.3 Å². The normalized spacial score (nSPS) is 12.5. The van der Waals surface area contributed by atoms with Crippen LogP contribution >= 0.6 is 0 Å². The maximum Gasteiger partial charge on any atom is 0.338 e. The molecule has 0 saturated heterocycles. The van der Waals surface area contributed by atoms with Gasteiger partial charge in [0.05, 0.1) is 17.6 Å². The van der Waals surface area contributed by atoms with Gasteiger partial charge in [0.15, 0.2) is 5.34 Å². The summed E-state index contributed by atoms with van der Waals surface area (Å²) in [6.45, 7) is 0. The lowest BCUT2D eigenvalue weighted by Crippen LogP contribution is -2.22. The number of carbonyl (C=O) groups excluding carboxylic acids is 1. The molecule has 0 saturated carbocycles. The van der Waals surface area contributed by atoms with Crippen LogP contribution < -0.4 is 0 Å². The van der Waals surface area contributed by atoms with E-state index in [0.717, 1.165) is 0 Å². The van der Waals surface area contributed by atoms with Crippen LogP contribution in [-0.4, -0.2) is 17.0 Å². The predicted molar refractivity (Wildman–Crippen MR) is 60.9 cm³/mol. The number of hydrogen-bond donors (Lipinski definition) is 1. The molecule has 1 atom stereocenters. The van der Waals surface area contributed by atoms with Crippen LogP contribution in [0, 0.1) is 33.0 Å². The third kappa shape index (κ3) is 6.74. The van der Waals surface area contributed by atoms with E-state index in [1.165, 1.54) is 0 Å². The molecule has 0 aromatic carbocycles. The molecule has 0 aromatic rings. The summed E-state index contributed by atoms with van der Waals surface area (Å²) in [5.41, 5.74) is -1.09. The van der Waals surface area contributed by atoms with Crippen molar-refractivity contribution >= 4 is 11.9 Å². The third-order valence-corrected chi connectivity index (χ3v) is 2.72. The van der Waals surface area contributed by atoms with E-state index in [0.29, 0.717) is 0 Å². The monoisotopic (exact) mass is 267 g/mol. The van der Waals surface area contributed by atoms with E-state index in [1.54, 1.807) is 0 Å². The van der Waals surface area contributed by atoms with E-state index in [-0.39, 0.29) is 38.5 Å². The number of carbonyl (C=O) groups is 2. The molecule has 0 bridgehead atoms. The number of nitriles is 2. The molecular weight excluding hydrogens is 254 g/mol. The summed E-state index contributed by atoms with van der Waals surface area (Å²) in [5, 5.41) is 28.3. The van der Waals surface area contributed by atoms with E-state index < -0.39 is 17.4 Å². The fraction of sp³-hybridized carbons (Fsp3) is 0.636. The molecule has 8 heteroatoms. The zero-order chi connectivity index (χ0) is 14.7. The first-order valence-electron chi connectivity index (χ1n) is 5.52. The Morgan fingerprint density at radius 1 is 1.21 bits per heavy atom. The van der Waals surface area contributed by atoms with Gasteiger partial charge in [0, 0.05) is 19.3 Å². The van der Waals surface area contributed by atoms with Gasteiger partial charge in [0.2, 0.25) is 0 Å². The Bertz CT molecular complexity index is 423. The van der Waals surface area contributed by atoms with Gasteiger partial charge in [-0.1, -0.05) is 0 Å². The van der Waals surface area contributed by atoms with Crippen molar-refractivity contribution in [1.82, 2.24) is 0 Å². The first kappa shape index (κ1) is 16.5. The molecule has 102 valence electrons.